The summed E-state index contributed by atoms with van der Waals surface area (Å²) in [5.74, 6) is -1.79. The van der Waals surface area contributed by atoms with Gasteiger partial charge in [0.05, 0.1) is 17.9 Å². The number of amides is 1. The first-order valence-electron chi connectivity index (χ1n) is 4.84. The molecule has 0 radical (unpaired) electrons. The van der Waals surface area contributed by atoms with E-state index in [1.807, 2.05) is 20.8 Å². The molecule has 0 bridgehead atoms. The van der Waals surface area contributed by atoms with E-state index in [0.29, 0.717) is 5.71 Å². The summed E-state index contributed by atoms with van der Waals surface area (Å²) in [6, 6.07) is 0. The highest BCUT2D eigenvalue weighted by Crippen LogP contribution is 2.26. The molecule has 1 atom stereocenters. The molecule has 0 aromatic rings. The molecule has 0 aromatic heterocycles. The Hall–Kier alpha value is -1.39. The summed E-state index contributed by atoms with van der Waals surface area (Å²) in [5, 5.41) is 14.2. The van der Waals surface area contributed by atoms with E-state index in [4.69, 9.17) is 5.11 Å². The highest BCUT2D eigenvalue weighted by molar-refractivity contribution is 6.08. The zero-order valence-electron chi connectivity index (χ0n) is 9.44. The van der Waals surface area contributed by atoms with Crippen LogP contribution in [0.15, 0.2) is 5.10 Å². The molecule has 5 nitrogen and oxygen atoms in total. The number of rotatable bonds is 2. The molecule has 0 spiro atoms. The minimum Gasteiger partial charge on any atom is -0.481 e. The second-order valence-corrected chi connectivity index (χ2v) is 4.71. The third kappa shape index (κ3) is 2.34. The number of carbonyl (C=O) groups excluding carboxylic acids is 1. The smallest absolute Gasteiger partial charge is 0.304 e. The first-order valence-corrected chi connectivity index (χ1v) is 4.84. The molecule has 84 valence electrons. The number of carboxylic acid groups (broad SMARTS) is 1. The molecule has 0 saturated carbocycles. The molecule has 0 fully saturated rings. The van der Waals surface area contributed by atoms with Crippen molar-refractivity contribution in [2.24, 2.45) is 11.0 Å². The number of hydrogen-bond donors (Lipinski definition) is 1. The van der Waals surface area contributed by atoms with Crippen molar-refractivity contribution >= 4 is 17.6 Å². The van der Waals surface area contributed by atoms with Crippen LogP contribution in [0.2, 0.25) is 0 Å². The molecule has 5 heteroatoms. The predicted molar refractivity (Wildman–Crippen MR) is 55.5 cm³/mol. The van der Waals surface area contributed by atoms with Crippen LogP contribution in [0.25, 0.3) is 0 Å². The normalized spacial score (nSPS) is 21.9. The van der Waals surface area contributed by atoms with Gasteiger partial charge in [0.25, 0.3) is 5.91 Å². The van der Waals surface area contributed by atoms with Gasteiger partial charge in [-0.25, -0.2) is 5.01 Å². The summed E-state index contributed by atoms with van der Waals surface area (Å²) in [6.45, 7) is 7.29. The lowest BCUT2D eigenvalue weighted by molar-refractivity contribution is -0.143. The molecule has 0 aromatic carbocycles. The van der Waals surface area contributed by atoms with Gasteiger partial charge in [-0.2, -0.15) is 5.10 Å². The Bertz CT molecular complexity index is 328. The number of hydrogen-bond acceptors (Lipinski definition) is 3. The molecule has 0 aliphatic carbocycles. The van der Waals surface area contributed by atoms with Crippen LogP contribution in [0.1, 0.15) is 34.1 Å². The fraction of sp³-hybridized carbons (Fsp3) is 0.700. The Morgan fingerprint density at radius 1 is 1.53 bits per heavy atom. The van der Waals surface area contributed by atoms with Gasteiger partial charge in [-0.3, -0.25) is 9.59 Å². The summed E-state index contributed by atoms with van der Waals surface area (Å²) in [4.78, 5) is 22.4. The summed E-state index contributed by atoms with van der Waals surface area (Å²) < 4.78 is 0. The van der Waals surface area contributed by atoms with E-state index < -0.39 is 17.4 Å². The number of carbonyl (C=O) groups is 2. The Morgan fingerprint density at radius 3 is 2.40 bits per heavy atom. The van der Waals surface area contributed by atoms with Gasteiger partial charge in [-0.05, 0) is 27.7 Å². The molecule has 1 unspecified atom stereocenters. The van der Waals surface area contributed by atoms with E-state index in [1.165, 1.54) is 5.01 Å². The highest BCUT2D eigenvalue weighted by atomic mass is 16.4. The zero-order chi connectivity index (χ0) is 11.8. The lowest BCUT2D eigenvalue weighted by atomic mass is 9.99. The van der Waals surface area contributed by atoms with Gasteiger partial charge in [0, 0.05) is 5.71 Å². The van der Waals surface area contributed by atoms with Crippen LogP contribution in [-0.4, -0.2) is 33.2 Å². The van der Waals surface area contributed by atoms with Gasteiger partial charge in [0.15, 0.2) is 0 Å². The Morgan fingerprint density at radius 2 is 2.07 bits per heavy atom. The average molecular weight is 212 g/mol. The van der Waals surface area contributed by atoms with E-state index in [-0.39, 0.29) is 12.3 Å². The molecule has 1 aliphatic heterocycles. The molecule has 1 aliphatic rings. The zero-order valence-corrected chi connectivity index (χ0v) is 9.44. The van der Waals surface area contributed by atoms with Crippen molar-refractivity contribution in [2.75, 3.05) is 0 Å². The maximum absolute atomic E-state index is 11.8. The molecule has 1 heterocycles. The summed E-state index contributed by atoms with van der Waals surface area (Å²) in [6.07, 6.45) is -0.180. The Balaban J connectivity index is 2.88. The van der Waals surface area contributed by atoms with Crippen molar-refractivity contribution in [1.82, 2.24) is 5.01 Å². The number of hydrazone groups is 1. The second kappa shape index (κ2) is 3.64. The maximum atomic E-state index is 11.8. The monoisotopic (exact) mass is 212 g/mol. The average Bonchev–Trinajstić information content (AvgIpc) is 2.30. The lowest BCUT2D eigenvalue weighted by Crippen LogP contribution is -2.41. The predicted octanol–water partition coefficient (Wildman–Crippen LogP) is 1.09. The van der Waals surface area contributed by atoms with Gasteiger partial charge in [0.2, 0.25) is 0 Å². The van der Waals surface area contributed by atoms with E-state index >= 15 is 0 Å². The van der Waals surface area contributed by atoms with Crippen LogP contribution < -0.4 is 0 Å². The van der Waals surface area contributed by atoms with Crippen molar-refractivity contribution in [1.29, 1.82) is 0 Å². The molecule has 0 saturated heterocycles. The van der Waals surface area contributed by atoms with Crippen LogP contribution in [-0.2, 0) is 9.59 Å². The van der Waals surface area contributed by atoms with Crippen molar-refractivity contribution in [3.05, 3.63) is 0 Å². The summed E-state index contributed by atoms with van der Waals surface area (Å²) in [7, 11) is 0. The Labute approximate surface area is 88.8 Å². The van der Waals surface area contributed by atoms with Crippen LogP contribution in [0.4, 0.5) is 0 Å². The SMILES string of the molecule is CC1=NN(C(C)(C)C)C(=O)C1CC(=O)O. The molecule has 15 heavy (non-hydrogen) atoms. The maximum Gasteiger partial charge on any atom is 0.304 e. The van der Waals surface area contributed by atoms with Crippen LogP contribution in [0.3, 0.4) is 0 Å². The van der Waals surface area contributed by atoms with Gasteiger partial charge >= 0.3 is 5.97 Å². The molecule has 1 N–H and O–H groups in total. The van der Waals surface area contributed by atoms with Crippen molar-refractivity contribution in [3.8, 4) is 0 Å². The van der Waals surface area contributed by atoms with Gasteiger partial charge in [-0.15, -0.1) is 0 Å². The Kier molecular flexibility index (Phi) is 2.83. The molecule has 1 amide bonds. The largest absolute Gasteiger partial charge is 0.481 e. The topological polar surface area (TPSA) is 70.0 Å². The highest BCUT2D eigenvalue weighted by Gasteiger charge is 2.39. The first-order chi connectivity index (χ1) is 6.73. The number of carboxylic acids is 1. The quantitative estimate of drug-likeness (QED) is 0.745. The number of nitrogens with zero attached hydrogens (tertiary/aromatic N) is 2. The van der Waals surface area contributed by atoms with Crippen LogP contribution in [0, 0.1) is 5.92 Å². The van der Waals surface area contributed by atoms with Gasteiger partial charge < -0.3 is 5.11 Å². The van der Waals surface area contributed by atoms with Crippen molar-refractivity contribution in [2.45, 2.75) is 39.7 Å². The third-order valence-electron chi connectivity index (χ3n) is 2.28. The van der Waals surface area contributed by atoms with Gasteiger partial charge in [-0.1, -0.05) is 0 Å². The molecular formula is C10H16N2O3. The second-order valence-electron chi connectivity index (χ2n) is 4.71. The first kappa shape index (κ1) is 11.7. The summed E-state index contributed by atoms with van der Waals surface area (Å²) >= 11 is 0. The van der Waals surface area contributed by atoms with E-state index in [9.17, 15) is 9.59 Å². The lowest BCUT2D eigenvalue weighted by Gasteiger charge is -2.28. The molecule has 1 rings (SSSR count). The van der Waals surface area contributed by atoms with Gasteiger partial charge in [0.1, 0.15) is 0 Å². The van der Waals surface area contributed by atoms with Crippen LogP contribution >= 0.6 is 0 Å². The van der Waals surface area contributed by atoms with E-state index in [2.05, 4.69) is 5.10 Å². The minimum atomic E-state index is -0.973. The molecular weight excluding hydrogens is 196 g/mol. The number of aliphatic carboxylic acids is 1. The fourth-order valence-corrected chi connectivity index (χ4v) is 1.49. The fourth-order valence-electron chi connectivity index (χ4n) is 1.49. The van der Waals surface area contributed by atoms with E-state index in [1.54, 1.807) is 6.92 Å². The van der Waals surface area contributed by atoms with Crippen molar-refractivity contribution < 1.29 is 14.7 Å². The van der Waals surface area contributed by atoms with E-state index in [0.717, 1.165) is 0 Å². The summed E-state index contributed by atoms with van der Waals surface area (Å²) in [5.41, 5.74) is 0.184. The minimum absolute atomic E-state index is 0.180. The standard InChI is InChI=1S/C10H16N2O3/c1-6-7(5-8(13)14)9(15)12(11-6)10(2,3)4/h7H,5H2,1-4H3,(H,13,14). The van der Waals surface area contributed by atoms with Crippen LogP contribution in [0.5, 0.6) is 0 Å². The third-order valence-corrected chi connectivity index (χ3v) is 2.28. The van der Waals surface area contributed by atoms with Crippen molar-refractivity contribution in [3.63, 3.8) is 0 Å².